The van der Waals surface area contributed by atoms with Gasteiger partial charge in [0.25, 0.3) is 0 Å². The minimum atomic E-state index is -3.57. The van der Waals surface area contributed by atoms with Gasteiger partial charge in [-0.1, -0.05) is 0 Å². The molecule has 8 heteroatoms. The molecule has 0 aliphatic carbocycles. The largest absolute Gasteiger partial charge is 0.479 e. The van der Waals surface area contributed by atoms with Crippen LogP contribution in [0.5, 0.6) is 11.5 Å². The Bertz CT molecular complexity index is 682. The smallest absolute Gasteiger partial charge is 0.306 e. The summed E-state index contributed by atoms with van der Waals surface area (Å²) < 4.78 is 49.7. The van der Waals surface area contributed by atoms with Gasteiger partial charge >= 0.3 is 10.1 Å². The van der Waals surface area contributed by atoms with Crippen molar-refractivity contribution >= 4 is 10.1 Å². The molecule has 1 aromatic carbocycles. The lowest BCUT2D eigenvalue weighted by atomic mass is 9.92. The lowest BCUT2D eigenvalue weighted by molar-refractivity contribution is -0.205. The Labute approximate surface area is 129 Å². The van der Waals surface area contributed by atoms with E-state index in [4.69, 9.17) is 23.1 Å². The molecule has 1 aromatic rings. The molecule has 3 rings (SSSR count). The summed E-state index contributed by atoms with van der Waals surface area (Å²) in [6, 6.07) is 4.82. The fourth-order valence-corrected chi connectivity index (χ4v) is 3.35. The lowest BCUT2D eigenvalue weighted by Gasteiger charge is -2.37. The van der Waals surface area contributed by atoms with Gasteiger partial charge in [-0.15, -0.1) is 0 Å². The first-order chi connectivity index (χ1) is 10.3. The Morgan fingerprint density at radius 3 is 2.55 bits per heavy atom. The number of hydrogen-bond donors (Lipinski definition) is 0. The highest BCUT2D eigenvalue weighted by molar-refractivity contribution is 7.86. The van der Waals surface area contributed by atoms with E-state index in [-0.39, 0.29) is 18.0 Å². The quantitative estimate of drug-likeness (QED) is 0.456. The first-order valence-electron chi connectivity index (χ1n) is 6.72. The predicted octanol–water partition coefficient (Wildman–Crippen LogP) is 1.23. The van der Waals surface area contributed by atoms with Crippen LogP contribution in [0.4, 0.5) is 0 Å². The van der Waals surface area contributed by atoms with Gasteiger partial charge < -0.3 is 23.1 Å². The van der Waals surface area contributed by atoms with Gasteiger partial charge in [0, 0.05) is 19.8 Å². The van der Waals surface area contributed by atoms with Crippen molar-refractivity contribution in [2.24, 2.45) is 0 Å². The molecule has 3 atom stereocenters. The molecule has 7 nitrogen and oxygen atoms in total. The number of fused-ring (bicyclic) bond motifs is 3. The minimum absolute atomic E-state index is 0.190. The number of rotatable bonds is 5. The van der Waals surface area contributed by atoms with E-state index >= 15 is 0 Å². The van der Waals surface area contributed by atoms with Gasteiger partial charge in [0.2, 0.25) is 0 Å². The molecule has 3 unspecified atom stereocenters. The van der Waals surface area contributed by atoms with Gasteiger partial charge in [-0.2, -0.15) is 8.42 Å². The maximum atomic E-state index is 11.2. The van der Waals surface area contributed by atoms with E-state index in [1.165, 1.54) is 6.07 Å². The highest BCUT2D eigenvalue weighted by Crippen LogP contribution is 2.55. The number of hydrogen-bond acceptors (Lipinski definition) is 7. The van der Waals surface area contributed by atoms with Gasteiger partial charge in [0.1, 0.15) is 23.7 Å². The Morgan fingerprint density at radius 1 is 1.27 bits per heavy atom. The van der Waals surface area contributed by atoms with Crippen molar-refractivity contribution in [3.8, 4) is 11.5 Å². The van der Waals surface area contributed by atoms with Crippen LogP contribution in [0, 0.1) is 0 Å². The monoisotopic (exact) mass is 330 g/mol. The first-order valence-corrected chi connectivity index (χ1v) is 8.53. The van der Waals surface area contributed by atoms with Crippen molar-refractivity contribution in [3.05, 3.63) is 23.8 Å². The summed E-state index contributed by atoms with van der Waals surface area (Å²) in [5.74, 6) is 0.832. The summed E-state index contributed by atoms with van der Waals surface area (Å²) in [5.41, 5.74) is -0.0185. The van der Waals surface area contributed by atoms with Crippen LogP contribution in [-0.4, -0.2) is 46.9 Å². The van der Waals surface area contributed by atoms with E-state index in [9.17, 15) is 8.42 Å². The normalized spacial score (nSPS) is 29.5. The van der Waals surface area contributed by atoms with Crippen molar-refractivity contribution in [2.75, 3.05) is 20.5 Å². The summed E-state index contributed by atoms with van der Waals surface area (Å²) in [7, 11) is -0.493. The van der Waals surface area contributed by atoms with E-state index in [2.05, 4.69) is 0 Å². The minimum Gasteiger partial charge on any atom is -0.479 e. The van der Waals surface area contributed by atoms with Crippen molar-refractivity contribution in [1.29, 1.82) is 0 Å². The van der Waals surface area contributed by atoms with Crippen LogP contribution >= 0.6 is 0 Å². The van der Waals surface area contributed by atoms with Crippen LogP contribution in [0.15, 0.2) is 18.2 Å². The molecule has 0 N–H and O–H groups in total. The molecule has 0 bridgehead atoms. The van der Waals surface area contributed by atoms with Crippen LogP contribution in [0.3, 0.4) is 0 Å². The summed E-state index contributed by atoms with van der Waals surface area (Å²) in [5, 5.41) is 0. The Kier molecular flexibility index (Phi) is 3.59. The Morgan fingerprint density at radius 2 is 1.95 bits per heavy atom. The van der Waals surface area contributed by atoms with Gasteiger partial charge in [-0.05, 0) is 25.1 Å². The number of ether oxygens (including phenoxy) is 4. The zero-order chi connectivity index (χ0) is 16.1. The SMILES string of the molecule is COC(OC)C1(C)Oc2ccc(OS(C)(=O)=O)cc2C2OC21. The molecule has 0 spiro atoms. The third-order valence-corrected chi connectivity index (χ3v) is 4.31. The number of epoxide rings is 1. The van der Waals surface area contributed by atoms with E-state index in [0.717, 1.165) is 11.8 Å². The molecule has 122 valence electrons. The lowest BCUT2D eigenvalue weighted by Crippen LogP contribution is -2.53. The first kappa shape index (κ1) is 15.5. The zero-order valence-electron chi connectivity index (χ0n) is 12.7. The molecular weight excluding hydrogens is 312 g/mol. The molecule has 0 radical (unpaired) electrons. The molecule has 1 fully saturated rings. The molecule has 0 aromatic heterocycles. The van der Waals surface area contributed by atoms with E-state index in [1.54, 1.807) is 26.4 Å². The Hall–Kier alpha value is -1.35. The van der Waals surface area contributed by atoms with Crippen LogP contribution < -0.4 is 8.92 Å². The van der Waals surface area contributed by atoms with Gasteiger partial charge in [0.15, 0.2) is 11.9 Å². The van der Waals surface area contributed by atoms with Crippen LogP contribution in [0.25, 0.3) is 0 Å². The number of methoxy groups -OCH3 is 2. The van der Waals surface area contributed by atoms with Crippen LogP contribution in [-0.2, 0) is 24.3 Å². The molecule has 0 saturated carbocycles. The maximum absolute atomic E-state index is 11.2. The summed E-state index contributed by atoms with van der Waals surface area (Å²) in [6.07, 6.45) is 0.00345. The van der Waals surface area contributed by atoms with Crippen molar-refractivity contribution in [1.82, 2.24) is 0 Å². The maximum Gasteiger partial charge on any atom is 0.306 e. The molecular formula is C14H18O7S. The predicted molar refractivity (Wildman–Crippen MR) is 76.4 cm³/mol. The third-order valence-electron chi connectivity index (χ3n) is 3.82. The van der Waals surface area contributed by atoms with Gasteiger partial charge in [0.05, 0.1) is 6.26 Å². The molecule has 2 heterocycles. The van der Waals surface area contributed by atoms with Gasteiger partial charge in [-0.3, -0.25) is 0 Å². The second-order valence-corrected chi connectivity index (χ2v) is 7.13. The Balaban J connectivity index is 1.92. The van der Waals surface area contributed by atoms with Gasteiger partial charge in [-0.25, -0.2) is 0 Å². The number of benzene rings is 1. The standard InChI is InChI=1S/C14H18O7S/c1-14(13(17-2)18-3)12-11(19-12)9-7-8(21-22(4,15)16)5-6-10(9)20-14/h5-7,11-13H,1-4H3. The molecule has 2 aliphatic rings. The highest BCUT2D eigenvalue weighted by atomic mass is 32.2. The summed E-state index contributed by atoms with van der Waals surface area (Å²) >= 11 is 0. The molecule has 22 heavy (non-hydrogen) atoms. The second-order valence-electron chi connectivity index (χ2n) is 5.55. The van der Waals surface area contributed by atoms with E-state index in [1.807, 2.05) is 6.92 Å². The van der Waals surface area contributed by atoms with Crippen LogP contribution in [0.1, 0.15) is 18.6 Å². The van der Waals surface area contributed by atoms with E-state index < -0.39 is 22.0 Å². The third kappa shape index (κ3) is 2.56. The molecule has 2 aliphatic heterocycles. The van der Waals surface area contributed by atoms with E-state index in [0.29, 0.717) is 5.75 Å². The second kappa shape index (κ2) is 5.09. The van der Waals surface area contributed by atoms with Crippen molar-refractivity contribution in [2.45, 2.75) is 31.0 Å². The van der Waals surface area contributed by atoms with Crippen LogP contribution in [0.2, 0.25) is 0 Å². The molecule has 1 saturated heterocycles. The molecule has 0 amide bonds. The summed E-state index contributed by atoms with van der Waals surface area (Å²) in [6.45, 7) is 1.86. The fraction of sp³-hybridized carbons (Fsp3) is 0.571. The highest BCUT2D eigenvalue weighted by Gasteiger charge is 2.63. The van der Waals surface area contributed by atoms with Crippen molar-refractivity contribution in [3.63, 3.8) is 0 Å². The fourth-order valence-electron chi connectivity index (χ4n) is 2.89. The zero-order valence-corrected chi connectivity index (χ0v) is 13.5. The average molecular weight is 330 g/mol. The topological polar surface area (TPSA) is 83.6 Å². The van der Waals surface area contributed by atoms with Crippen molar-refractivity contribution < 1.29 is 31.5 Å². The average Bonchev–Trinajstić information content (AvgIpc) is 3.21. The summed E-state index contributed by atoms with van der Waals surface area (Å²) in [4.78, 5) is 0.